The highest BCUT2D eigenvalue weighted by molar-refractivity contribution is 9.10. The van der Waals surface area contributed by atoms with Crippen LogP contribution < -0.4 is 4.90 Å². The van der Waals surface area contributed by atoms with Crippen LogP contribution in [-0.2, 0) is 14.3 Å². The third-order valence-corrected chi connectivity index (χ3v) is 8.18. The Labute approximate surface area is 245 Å². The molecule has 7 atom stereocenters. The molecule has 222 valence electrons. The number of nitriles is 1. The molecule has 1 aliphatic carbocycles. The second kappa shape index (κ2) is 12.1. The third kappa shape index (κ3) is 5.30. The summed E-state index contributed by atoms with van der Waals surface area (Å²) in [6.45, 7) is -0.726. The molecule has 1 saturated heterocycles. The molecule has 0 bridgehead atoms. The zero-order chi connectivity index (χ0) is 30.3. The molecule has 2 heterocycles. The molecular formula is C27H25BrF3N5O6. The topological polar surface area (TPSA) is 154 Å². The van der Waals surface area contributed by atoms with Crippen molar-refractivity contribution in [3.05, 3.63) is 64.0 Å². The lowest BCUT2D eigenvalue weighted by Gasteiger charge is -2.47. The Morgan fingerprint density at radius 2 is 2.00 bits per heavy atom. The maximum Gasteiger partial charge on any atom is 0.259 e. The average Bonchev–Trinajstić information content (AvgIpc) is 3.46. The number of methoxy groups -OCH3 is 1. The molecule has 0 radical (unpaired) electrons. The Kier molecular flexibility index (Phi) is 8.65. The van der Waals surface area contributed by atoms with Gasteiger partial charge in [0, 0.05) is 18.4 Å². The Morgan fingerprint density at radius 1 is 1.24 bits per heavy atom. The molecule has 0 spiro atoms. The standard InChI is InChI=1S/C27H25BrF3N5O6/c1-41-25-23(35-10-17(33-34-35)15-2-3-16(28)22(31)21(15)30)24(39)20(11-37)42-26(25)27(40)36(18-4-5-19(18)38)14-7-12(9-32)6-13(29)8-14/h2-3,6-8,10,18-20,23-26,37-39H,4-5,11H2,1H3/t18-,19-,20+,23-,24-,25+,26+/m0/s1. The molecular weight excluding hydrogens is 627 g/mol. The molecule has 42 heavy (non-hydrogen) atoms. The lowest BCUT2D eigenvalue weighted by Crippen LogP contribution is -2.64. The molecule has 0 unspecified atom stereocenters. The lowest BCUT2D eigenvalue weighted by atomic mass is 9.85. The number of rotatable bonds is 7. The predicted molar refractivity (Wildman–Crippen MR) is 142 cm³/mol. The first-order chi connectivity index (χ1) is 20.1. The van der Waals surface area contributed by atoms with E-state index in [0.29, 0.717) is 12.8 Å². The third-order valence-electron chi connectivity index (χ3n) is 7.57. The molecule has 3 aromatic rings. The number of aliphatic hydroxyl groups excluding tert-OH is 3. The monoisotopic (exact) mass is 651 g/mol. The van der Waals surface area contributed by atoms with Gasteiger partial charge in [0.1, 0.15) is 35.9 Å². The van der Waals surface area contributed by atoms with E-state index in [2.05, 4.69) is 26.2 Å². The fourth-order valence-electron chi connectivity index (χ4n) is 5.29. The first kappa shape index (κ1) is 30.1. The second-order valence-corrected chi connectivity index (χ2v) is 10.9. The summed E-state index contributed by atoms with van der Waals surface area (Å²) in [5.74, 6) is -3.90. The number of hydrogen-bond acceptors (Lipinski definition) is 9. The smallest absolute Gasteiger partial charge is 0.259 e. The Hall–Kier alpha value is -3.39. The molecule has 5 rings (SSSR count). The van der Waals surface area contributed by atoms with E-state index in [1.165, 1.54) is 31.5 Å². The minimum Gasteiger partial charge on any atom is -0.394 e. The molecule has 3 N–H and O–H groups in total. The number of aromatic nitrogens is 3. The molecule has 1 amide bonds. The minimum absolute atomic E-state index is 0.00208. The Bertz CT molecular complexity index is 1540. The van der Waals surface area contributed by atoms with Gasteiger partial charge in [-0.2, -0.15) is 5.26 Å². The Morgan fingerprint density at radius 3 is 2.62 bits per heavy atom. The fraction of sp³-hybridized carbons (Fsp3) is 0.407. The number of hydrogen-bond donors (Lipinski definition) is 3. The SMILES string of the molecule is CO[C@@H]1[C@@H](n2cc(-c3ccc(Br)c(F)c3F)nn2)[C@@H](O)[C@@H](CO)O[C@H]1C(=O)N(c1cc(F)cc(C#N)c1)[C@H]1CC[C@@H]1O. The lowest BCUT2D eigenvalue weighted by molar-refractivity contribution is -0.211. The summed E-state index contributed by atoms with van der Waals surface area (Å²) in [7, 11) is 1.24. The van der Waals surface area contributed by atoms with Gasteiger partial charge < -0.3 is 29.7 Å². The number of amides is 1. The minimum atomic E-state index is -1.53. The van der Waals surface area contributed by atoms with Crippen LogP contribution in [0.15, 0.2) is 41.0 Å². The molecule has 1 aliphatic heterocycles. The number of anilines is 1. The zero-order valence-electron chi connectivity index (χ0n) is 21.9. The van der Waals surface area contributed by atoms with Gasteiger partial charge in [0.25, 0.3) is 5.91 Å². The fourth-order valence-corrected chi connectivity index (χ4v) is 5.60. The van der Waals surface area contributed by atoms with E-state index in [0.717, 1.165) is 21.7 Å². The van der Waals surface area contributed by atoms with Crippen molar-refractivity contribution in [2.75, 3.05) is 18.6 Å². The van der Waals surface area contributed by atoms with Crippen LogP contribution in [0.25, 0.3) is 11.3 Å². The summed E-state index contributed by atoms with van der Waals surface area (Å²) in [4.78, 5) is 15.3. The van der Waals surface area contributed by atoms with Gasteiger partial charge in [0.05, 0.1) is 41.1 Å². The van der Waals surface area contributed by atoms with Gasteiger partial charge in [0.15, 0.2) is 17.7 Å². The van der Waals surface area contributed by atoms with Crippen molar-refractivity contribution < 1.29 is 42.8 Å². The van der Waals surface area contributed by atoms with Gasteiger partial charge >= 0.3 is 0 Å². The predicted octanol–water partition coefficient (Wildman–Crippen LogP) is 2.23. The maximum absolute atomic E-state index is 14.7. The molecule has 2 aliphatic rings. The van der Waals surface area contributed by atoms with Gasteiger partial charge in [0.2, 0.25) is 0 Å². The normalized spacial score (nSPS) is 27.3. The number of carbonyl (C=O) groups excluding carboxylic acids is 1. The van der Waals surface area contributed by atoms with Crippen molar-refractivity contribution in [1.82, 2.24) is 15.0 Å². The molecule has 2 aromatic carbocycles. The molecule has 11 nitrogen and oxygen atoms in total. The van der Waals surface area contributed by atoms with Crippen LogP contribution in [0.4, 0.5) is 18.9 Å². The van der Waals surface area contributed by atoms with Gasteiger partial charge in [-0.25, -0.2) is 17.9 Å². The summed E-state index contributed by atoms with van der Waals surface area (Å²) in [5.41, 5.74) is -0.359. The van der Waals surface area contributed by atoms with E-state index in [1.54, 1.807) is 0 Å². The maximum atomic E-state index is 14.7. The van der Waals surface area contributed by atoms with Crippen molar-refractivity contribution in [3.63, 3.8) is 0 Å². The van der Waals surface area contributed by atoms with Crippen LogP contribution in [0.1, 0.15) is 24.4 Å². The van der Waals surface area contributed by atoms with E-state index in [-0.39, 0.29) is 27.0 Å². The first-order valence-corrected chi connectivity index (χ1v) is 13.6. The van der Waals surface area contributed by atoms with E-state index in [4.69, 9.17) is 9.47 Å². The van der Waals surface area contributed by atoms with Gasteiger partial charge in [-0.05, 0) is 59.1 Å². The van der Waals surface area contributed by atoms with Gasteiger partial charge in [-0.3, -0.25) is 4.79 Å². The quantitative estimate of drug-likeness (QED) is 0.326. The highest BCUT2D eigenvalue weighted by Gasteiger charge is 2.52. The van der Waals surface area contributed by atoms with Crippen molar-refractivity contribution in [3.8, 4) is 17.3 Å². The van der Waals surface area contributed by atoms with Crippen molar-refractivity contribution >= 4 is 27.5 Å². The summed E-state index contributed by atoms with van der Waals surface area (Å²) in [5, 5.41) is 48.8. The second-order valence-electron chi connectivity index (χ2n) is 10.00. The van der Waals surface area contributed by atoms with E-state index < -0.39 is 72.6 Å². The van der Waals surface area contributed by atoms with E-state index >= 15 is 0 Å². The molecule has 2 fully saturated rings. The van der Waals surface area contributed by atoms with E-state index in [1.807, 2.05) is 6.07 Å². The van der Waals surface area contributed by atoms with Crippen LogP contribution in [-0.4, -0.2) is 86.5 Å². The Balaban J connectivity index is 1.54. The summed E-state index contributed by atoms with van der Waals surface area (Å²) < 4.78 is 55.7. The summed E-state index contributed by atoms with van der Waals surface area (Å²) in [6, 6.07) is 5.73. The number of benzene rings is 2. The number of halogens is 4. The summed E-state index contributed by atoms with van der Waals surface area (Å²) in [6.07, 6.45) is -4.63. The van der Waals surface area contributed by atoms with Gasteiger partial charge in [-0.1, -0.05) is 5.21 Å². The van der Waals surface area contributed by atoms with Crippen LogP contribution in [0.2, 0.25) is 0 Å². The highest BCUT2D eigenvalue weighted by Crippen LogP contribution is 2.38. The molecule has 1 aromatic heterocycles. The summed E-state index contributed by atoms with van der Waals surface area (Å²) >= 11 is 2.91. The number of ether oxygens (including phenoxy) is 2. The average molecular weight is 652 g/mol. The zero-order valence-corrected chi connectivity index (χ0v) is 23.5. The van der Waals surface area contributed by atoms with Gasteiger partial charge in [-0.15, -0.1) is 5.10 Å². The molecule has 15 heteroatoms. The van der Waals surface area contributed by atoms with Crippen molar-refractivity contribution in [1.29, 1.82) is 5.26 Å². The largest absolute Gasteiger partial charge is 0.394 e. The van der Waals surface area contributed by atoms with E-state index in [9.17, 15) is 38.5 Å². The highest BCUT2D eigenvalue weighted by atomic mass is 79.9. The van der Waals surface area contributed by atoms with Crippen LogP contribution >= 0.6 is 15.9 Å². The van der Waals surface area contributed by atoms with Crippen molar-refractivity contribution in [2.24, 2.45) is 0 Å². The molecule has 1 saturated carbocycles. The number of carbonyl (C=O) groups is 1. The first-order valence-electron chi connectivity index (χ1n) is 12.8. The van der Waals surface area contributed by atoms with Crippen LogP contribution in [0.5, 0.6) is 0 Å². The van der Waals surface area contributed by atoms with Crippen molar-refractivity contribution in [2.45, 2.75) is 55.4 Å². The van der Waals surface area contributed by atoms with Crippen LogP contribution in [0.3, 0.4) is 0 Å². The van der Waals surface area contributed by atoms with Crippen LogP contribution in [0, 0.1) is 28.8 Å². The number of nitrogens with zero attached hydrogens (tertiary/aromatic N) is 5. The number of aliphatic hydroxyl groups is 3.